The Bertz CT molecular complexity index is 449. The van der Waals surface area contributed by atoms with Gasteiger partial charge in [0.15, 0.2) is 0 Å². The van der Waals surface area contributed by atoms with Crippen LogP contribution in [-0.4, -0.2) is 29.9 Å². The molecule has 4 heteroatoms. The normalized spacial score (nSPS) is 20.5. The van der Waals surface area contributed by atoms with E-state index in [4.69, 9.17) is 0 Å². The Kier molecular flexibility index (Phi) is 4.73. The molecule has 0 unspecified atom stereocenters. The number of carbonyl (C=O) groups excluding carboxylic acids is 1. The lowest BCUT2D eigenvalue weighted by Gasteiger charge is -2.28. The molecule has 0 saturated heterocycles. The van der Waals surface area contributed by atoms with Crippen molar-refractivity contribution in [1.29, 1.82) is 0 Å². The first kappa shape index (κ1) is 14.1. The minimum atomic E-state index is 0.270. The van der Waals surface area contributed by atoms with E-state index in [1.165, 1.54) is 49.0 Å². The number of hydrogen-bond donors (Lipinski definition) is 1. The smallest absolute Gasteiger partial charge is 0.236 e. The first-order chi connectivity index (χ1) is 9.83. The summed E-state index contributed by atoms with van der Waals surface area (Å²) >= 11 is 1.82. The van der Waals surface area contributed by atoms with Crippen LogP contribution in [0.2, 0.25) is 0 Å². The monoisotopic (exact) mass is 292 g/mol. The van der Waals surface area contributed by atoms with Gasteiger partial charge in [-0.05, 0) is 36.3 Å². The molecule has 0 radical (unpaired) electrons. The first-order valence-electron chi connectivity index (χ1n) is 7.89. The highest BCUT2D eigenvalue weighted by Crippen LogP contribution is 2.24. The van der Waals surface area contributed by atoms with Gasteiger partial charge >= 0.3 is 0 Å². The lowest BCUT2D eigenvalue weighted by atomic mass is 10.1. The Morgan fingerprint density at radius 1 is 1.30 bits per heavy atom. The molecule has 0 spiro atoms. The molecule has 20 heavy (non-hydrogen) atoms. The van der Waals surface area contributed by atoms with Crippen molar-refractivity contribution in [3.63, 3.8) is 0 Å². The van der Waals surface area contributed by atoms with Crippen LogP contribution in [0.1, 0.15) is 49.0 Å². The van der Waals surface area contributed by atoms with Crippen LogP contribution in [0.4, 0.5) is 0 Å². The number of fused-ring (bicyclic) bond motifs is 1. The Morgan fingerprint density at radius 2 is 2.10 bits per heavy atom. The van der Waals surface area contributed by atoms with Gasteiger partial charge in [-0.2, -0.15) is 0 Å². The average molecular weight is 292 g/mol. The van der Waals surface area contributed by atoms with E-state index in [-0.39, 0.29) is 5.91 Å². The van der Waals surface area contributed by atoms with Gasteiger partial charge in [-0.1, -0.05) is 25.7 Å². The number of carbonyl (C=O) groups is 1. The summed E-state index contributed by atoms with van der Waals surface area (Å²) in [5.74, 6) is 0.270. The molecule has 110 valence electrons. The number of hydrogen-bond acceptors (Lipinski definition) is 3. The molecule has 3 rings (SSSR count). The van der Waals surface area contributed by atoms with E-state index in [1.807, 2.05) is 16.2 Å². The molecule has 1 aromatic heterocycles. The van der Waals surface area contributed by atoms with Crippen molar-refractivity contribution in [1.82, 2.24) is 10.2 Å². The Hall–Kier alpha value is -0.870. The number of amides is 1. The maximum Gasteiger partial charge on any atom is 0.236 e. The molecular weight excluding hydrogens is 268 g/mol. The second kappa shape index (κ2) is 6.72. The molecule has 3 nitrogen and oxygen atoms in total. The van der Waals surface area contributed by atoms with Gasteiger partial charge in [0.05, 0.1) is 6.54 Å². The van der Waals surface area contributed by atoms with Crippen LogP contribution in [0.25, 0.3) is 0 Å². The van der Waals surface area contributed by atoms with Crippen LogP contribution in [0.3, 0.4) is 0 Å². The van der Waals surface area contributed by atoms with E-state index in [9.17, 15) is 4.79 Å². The van der Waals surface area contributed by atoms with Crippen molar-refractivity contribution in [2.45, 2.75) is 57.5 Å². The summed E-state index contributed by atoms with van der Waals surface area (Å²) in [5, 5.41) is 5.63. The SMILES string of the molecule is O=C(CNC1CCCCCC1)N1CCc2sccc2C1. The summed E-state index contributed by atoms with van der Waals surface area (Å²) in [6, 6.07) is 2.72. The molecule has 0 bridgehead atoms. The molecule has 1 aromatic rings. The number of thiophene rings is 1. The second-order valence-corrected chi connectivity index (χ2v) is 7.00. The highest BCUT2D eigenvalue weighted by molar-refractivity contribution is 7.10. The molecule has 1 N–H and O–H groups in total. The Morgan fingerprint density at radius 3 is 2.90 bits per heavy atom. The highest BCUT2D eigenvalue weighted by Gasteiger charge is 2.22. The zero-order valence-corrected chi connectivity index (χ0v) is 12.9. The maximum atomic E-state index is 12.3. The van der Waals surface area contributed by atoms with E-state index < -0.39 is 0 Å². The van der Waals surface area contributed by atoms with E-state index in [1.54, 1.807) is 0 Å². The van der Waals surface area contributed by atoms with Gasteiger partial charge in [-0.15, -0.1) is 11.3 Å². The lowest BCUT2D eigenvalue weighted by molar-refractivity contribution is -0.131. The van der Waals surface area contributed by atoms with Gasteiger partial charge in [0.2, 0.25) is 5.91 Å². The molecule has 1 amide bonds. The summed E-state index contributed by atoms with van der Waals surface area (Å²) in [7, 11) is 0. The summed E-state index contributed by atoms with van der Waals surface area (Å²) in [6.07, 6.45) is 8.85. The minimum absolute atomic E-state index is 0.270. The zero-order chi connectivity index (χ0) is 13.8. The fourth-order valence-electron chi connectivity index (χ4n) is 3.29. The molecular formula is C16H24N2OS. The van der Waals surface area contributed by atoms with Gasteiger partial charge in [0, 0.05) is 24.0 Å². The van der Waals surface area contributed by atoms with Crippen LogP contribution < -0.4 is 5.32 Å². The van der Waals surface area contributed by atoms with Crippen molar-refractivity contribution >= 4 is 17.2 Å². The average Bonchev–Trinajstić information content (AvgIpc) is 2.78. The standard InChI is InChI=1S/C16H24N2OS/c19-16(11-17-14-5-3-1-2-4-6-14)18-9-7-15-13(12-18)8-10-20-15/h8,10,14,17H,1-7,9,11-12H2. The molecule has 1 saturated carbocycles. The molecule has 2 aliphatic rings. The third-order valence-electron chi connectivity index (χ3n) is 4.56. The summed E-state index contributed by atoms with van der Waals surface area (Å²) < 4.78 is 0. The quantitative estimate of drug-likeness (QED) is 0.869. The molecule has 1 aliphatic carbocycles. The van der Waals surface area contributed by atoms with Gasteiger partial charge < -0.3 is 10.2 Å². The first-order valence-corrected chi connectivity index (χ1v) is 8.77. The molecule has 0 aromatic carbocycles. The second-order valence-electron chi connectivity index (χ2n) is 6.00. The van der Waals surface area contributed by atoms with Crippen LogP contribution in [0.15, 0.2) is 11.4 Å². The molecule has 2 heterocycles. The third kappa shape index (κ3) is 3.41. The fourth-order valence-corrected chi connectivity index (χ4v) is 4.18. The largest absolute Gasteiger partial charge is 0.337 e. The van der Waals surface area contributed by atoms with Gasteiger partial charge in [-0.25, -0.2) is 0 Å². The Balaban J connectivity index is 1.47. The Labute approximate surface area is 125 Å². The number of nitrogens with zero attached hydrogens (tertiary/aromatic N) is 1. The number of rotatable bonds is 3. The van der Waals surface area contributed by atoms with Crippen LogP contribution in [0.5, 0.6) is 0 Å². The van der Waals surface area contributed by atoms with Gasteiger partial charge in [0.25, 0.3) is 0 Å². The molecule has 1 fully saturated rings. The van der Waals surface area contributed by atoms with Crippen molar-refractivity contribution in [3.8, 4) is 0 Å². The van der Waals surface area contributed by atoms with Gasteiger partial charge in [-0.3, -0.25) is 4.79 Å². The summed E-state index contributed by atoms with van der Waals surface area (Å²) in [4.78, 5) is 15.8. The van der Waals surface area contributed by atoms with E-state index in [2.05, 4.69) is 16.8 Å². The van der Waals surface area contributed by atoms with Crippen molar-refractivity contribution < 1.29 is 4.79 Å². The van der Waals surface area contributed by atoms with Crippen molar-refractivity contribution in [2.24, 2.45) is 0 Å². The van der Waals surface area contributed by atoms with Crippen molar-refractivity contribution in [2.75, 3.05) is 13.1 Å². The predicted octanol–water partition coefficient (Wildman–Crippen LogP) is 2.95. The van der Waals surface area contributed by atoms with Gasteiger partial charge in [0.1, 0.15) is 0 Å². The topological polar surface area (TPSA) is 32.3 Å². The van der Waals surface area contributed by atoms with Crippen LogP contribution in [-0.2, 0) is 17.8 Å². The van der Waals surface area contributed by atoms with E-state index in [0.717, 1.165) is 19.5 Å². The fraction of sp³-hybridized carbons (Fsp3) is 0.688. The van der Waals surface area contributed by atoms with E-state index >= 15 is 0 Å². The summed E-state index contributed by atoms with van der Waals surface area (Å²) in [6.45, 7) is 2.22. The number of nitrogens with one attached hydrogen (secondary N) is 1. The maximum absolute atomic E-state index is 12.3. The van der Waals surface area contributed by atoms with Crippen LogP contribution in [0, 0.1) is 0 Å². The third-order valence-corrected chi connectivity index (χ3v) is 5.58. The van der Waals surface area contributed by atoms with Crippen molar-refractivity contribution in [3.05, 3.63) is 21.9 Å². The highest BCUT2D eigenvalue weighted by atomic mass is 32.1. The summed E-state index contributed by atoms with van der Waals surface area (Å²) in [5.41, 5.74) is 1.35. The zero-order valence-electron chi connectivity index (χ0n) is 12.1. The molecule has 1 aliphatic heterocycles. The minimum Gasteiger partial charge on any atom is -0.337 e. The van der Waals surface area contributed by atoms with Crippen LogP contribution >= 0.6 is 11.3 Å². The predicted molar refractivity (Wildman–Crippen MR) is 82.9 cm³/mol. The molecule has 0 atom stereocenters. The van der Waals surface area contributed by atoms with E-state index in [0.29, 0.717) is 12.6 Å². The lowest BCUT2D eigenvalue weighted by Crippen LogP contribution is -2.43.